The highest BCUT2D eigenvalue weighted by Crippen LogP contribution is 2.34. The molecule has 0 saturated carbocycles. The molecule has 0 bridgehead atoms. The van der Waals surface area contributed by atoms with Crippen LogP contribution in [0.3, 0.4) is 0 Å². The third kappa shape index (κ3) is 5.82. The Hall–Kier alpha value is -2.09. The Bertz CT molecular complexity index is 1140. The molecule has 0 amide bonds. The first-order valence-electron chi connectivity index (χ1n) is 9.84. The van der Waals surface area contributed by atoms with Gasteiger partial charge in [0.1, 0.15) is 16.4 Å². The molecule has 0 atom stereocenters. The molecule has 1 aliphatic rings. The van der Waals surface area contributed by atoms with Crippen molar-refractivity contribution in [2.45, 2.75) is 24.8 Å². The summed E-state index contributed by atoms with van der Waals surface area (Å²) in [5.41, 5.74) is 0.209. The van der Waals surface area contributed by atoms with Gasteiger partial charge in [0, 0.05) is 42.3 Å². The van der Waals surface area contributed by atoms with Gasteiger partial charge in [-0.1, -0.05) is 23.2 Å². The minimum atomic E-state index is -3.94. The maximum absolute atomic E-state index is 13.5. The monoisotopic (exact) mass is 512 g/mol. The standard InChI is InChI=1S/C21H22Cl2N4O3S2/c1-14(2)25-21(31)26-5-7-27(8-6-26)32(28,29)20-9-15(13-24)3-4-19(20)30-18-11-16(22)10-17(23)12-18/h3-4,9-12,14H,5-8H2,1-2H3,(H,25,31). The number of halogens is 2. The molecule has 7 nitrogen and oxygen atoms in total. The van der Waals surface area contributed by atoms with E-state index >= 15 is 0 Å². The molecular weight excluding hydrogens is 491 g/mol. The van der Waals surface area contributed by atoms with Gasteiger partial charge in [0.05, 0.1) is 11.6 Å². The SMILES string of the molecule is CC(C)NC(=S)N1CCN(S(=O)(=O)c2cc(C#N)ccc2Oc2cc(Cl)cc(Cl)c2)CC1. The van der Waals surface area contributed by atoms with Gasteiger partial charge in [-0.05, 0) is 62.5 Å². The Labute approximate surface area is 203 Å². The molecule has 0 radical (unpaired) electrons. The molecule has 1 fully saturated rings. The highest BCUT2D eigenvalue weighted by molar-refractivity contribution is 7.89. The molecule has 170 valence electrons. The number of thiocarbonyl (C=S) groups is 1. The summed E-state index contributed by atoms with van der Waals surface area (Å²) in [7, 11) is -3.94. The zero-order valence-corrected chi connectivity index (χ0v) is 20.7. The Morgan fingerprint density at radius 2 is 1.75 bits per heavy atom. The quantitative estimate of drug-likeness (QED) is 0.599. The van der Waals surface area contributed by atoms with Gasteiger partial charge in [0.25, 0.3) is 0 Å². The van der Waals surface area contributed by atoms with Crippen LogP contribution in [-0.4, -0.2) is 55.0 Å². The lowest BCUT2D eigenvalue weighted by Gasteiger charge is -2.36. The normalized spacial score (nSPS) is 14.8. The van der Waals surface area contributed by atoms with Crippen LogP contribution in [0.2, 0.25) is 10.0 Å². The van der Waals surface area contributed by atoms with E-state index in [-0.39, 0.29) is 35.3 Å². The van der Waals surface area contributed by atoms with Gasteiger partial charge in [0.2, 0.25) is 10.0 Å². The fourth-order valence-corrected chi connectivity index (χ4v) is 5.67. The fraction of sp³-hybridized carbons (Fsp3) is 0.333. The number of nitriles is 1. The highest BCUT2D eigenvalue weighted by Gasteiger charge is 2.32. The second kappa shape index (κ2) is 10.2. The molecule has 1 N–H and O–H groups in total. The topological polar surface area (TPSA) is 85.7 Å². The third-order valence-corrected chi connectivity index (χ3v) is 7.42. The number of sulfonamides is 1. The van der Waals surface area contributed by atoms with E-state index in [4.69, 9.17) is 40.2 Å². The van der Waals surface area contributed by atoms with Crippen LogP contribution >= 0.6 is 35.4 Å². The Morgan fingerprint density at radius 1 is 1.12 bits per heavy atom. The predicted octanol–water partition coefficient (Wildman–Crippen LogP) is 4.25. The van der Waals surface area contributed by atoms with Crippen molar-refractivity contribution in [1.29, 1.82) is 5.26 Å². The summed E-state index contributed by atoms with van der Waals surface area (Å²) >= 11 is 17.5. The molecule has 1 aliphatic heterocycles. The molecule has 0 spiro atoms. The first kappa shape index (κ1) is 24.6. The third-order valence-electron chi connectivity index (χ3n) is 4.69. The van der Waals surface area contributed by atoms with Crippen molar-refractivity contribution < 1.29 is 13.2 Å². The van der Waals surface area contributed by atoms with Crippen molar-refractivity contribution in [2.75, 3.05) is 26.2 Å². The van der Waals surface area contributed by atoms with E-state index in [0.717, 1.165) is 0 Å². The molecule has 32 heavy (non-hydrogen) atoms. The van der Waals surface area contributed by atoms with Crippen molar-refractivity contribution in [2.24, 2.45) is 0 Å². The van der Waals surface area contributed by atoms with Gasteiger partial charge in [-0.3, -0.25) is 0 Å². The number of ether oxygens (including phenoxy) is 1. The van der Waals surface area contributed by atoms with Gasteiger partial charge in [-0.15, -0.1) is 0 Å². The number of benzene rings is 2. The lowest BCUT2D eigenvalue weighted by Crippen LogP contribution is -2.53. The molecule has 2 aromatic rings. The van der Waals surface area contributed by atoms with Gasteiger partial charge >= 0.3 is 0 Å². The first-order valence-corrected chi connectivity index (χ1v) is 12.4. The summed E-state index contributed by atoms with van der Waals surface area (Å²) in [5.74, 6) is 0.375. The summed E-state index contributed by atoms with van der Waals surface area (Å²) in [6, 6.07) is 11.0. The average Bonchev–Trinajstić information content (AvgIpc) is 2.73. The smallest absolute Gasteiger partial charge is 0.246 e. The van der Waals surface area contributed by atoms with E-state index < -0.39 is 10.0 Å². The molecule has 0 aliphatic carbocycles. The number of rotatable bonds is 5. The summed E-state index contributed by atoms with van der Waals surface area (Å²) < 4.78 is 34.1. The average molecular weight is 513 g/mol. The molecule has 0 unspecified atom stereocenters. The minimum Gasteiger partial charge on any atom is -0.456 e. The number of piperazine rings is 1. The lowest BCUT2D eigenvalue weighted by atomic mass is 10.2. The van der Waals surface area contributed by atoms with Crippen LogP contribution in [-0.2, 0) is 10.0 Å². The van der Waals surface area contributed by atoms with Crippen LogP contribution < -0.4 is 10.1 Å². The van der Waals surface area contributed by atoms with Crippen molar-refractivity contribution >= 4 is 50.6 Å². The van der Waals surface area contributed by atoms with Crippen LogP contribution in [0.1, 0.15) is 19.4 Å². The van der Waals surface area contributed by atoms with E-state index in [9.17, 15) is 13.7 Å². The van der Waals surface area contributed by atoms with Crippen LogP contribution in [0.5, 0.6) is 11.5 Å². The van der Waals surface area contributed by atoms with Crippen molar-refractivity contribution in [3.8, 4) is 17.6 Å². The van der Waals surface area contributed by atoms with Gasteiger partial charge < -0.3 is 15.0 Å². The first-order chi connectivity index (χ1) is 15.1. The van der Waals surface area contributed by atoms with E-state index in [2.05, 4.69) is 5.32 Å². The Kier molecular flexibility index (Phi) is 7.85. The molecule has 0 aromatic heterocycles. The van der Waals surface area contributed by atoms with Gasteiger partial charge in [-0.2, -0.15) is 9.57 Å². The molecule has 11 heteroatoms. The van der Waals surface area contributed by atoms with E-state index in [1.807, 2.05) is 24.8 Å². The van der Waals surface area contributed by atoms with Crippen LogP contribution in [0.25, 0.3) is 0 Å². The van der Waals surface area contributed by atoms with Crippen LogP contribution in [0, 0.1) is 11.3 Å². The zero-order chi connectivity index (χ0) is 23.5. The second-order valence-electron chi connectivity index (χ2n) is 7.48. The number of hydrogen-bond acceptors (Lipinski definition) is 5. The van der Waals surface area contributed by atoms with Crippen LogP contribution in [0.4, 0.5) is 0 Å². The maximum Gasteiger partial charge on any atom is 0.246 e. The van der Waals surface area contributed by atoms with Gasteiger partial charge in [0.15, 0.2) is 5.11 Å². The molecule has 3 rings (SSSR count). The van der Waals surface area contributed by atoms with Crippen LogP contribution in [0.15, 0.2) is 41.3 Å². The van der Waals surface area contributed by atoms with E-state index in [1.165, 1.54) is 34.6 Å². The number of hydrogen-bond donors (Lipinski definition) is 1. The molecule has 2 aromatic carbocycles. The zero-order valence-electron chi connectivity index (χ0n) is 17.5. The number of nitrogens with one attached hydrogen (secondary N) is 1. The fourth-order valence-electron chi connectivity index (χ4n) is 3.19. The summed E-state index contributed by atoms with van der Waals surface area (Å²) in [6.07, 6.45) is 0. The minimum absolute atomic E-state index is 0.0850. The summed E-state index contributed by atoms with van der Waals surface area (Å²) in [4.78, 5) is 1.85. The summed E-state index contributed by atoms with van der Waals surface area (Å²) in [6.45, 7) is 5.39. The maximum atomic E-state index is 13.5. The Morgan fingerprint density at radius 3 is 2.31 bits per heavy atom. The van der Waals surface area contributed by atoms with E-state index in [1.54, 1.807) is 6.07 Å². The number of nitrogens with zero attached hydrogens (tertiary/aromatic N) is 3. The second-order valence-corrected chi connectivity index (χ2v) is 10.6. The van der Waals surface area contributed by atoms with Crippen molar-refractivity contribution in [1.82, 2.24) is 14.5 Å². The van der Waals surface area contributed by atoms with E-state index in [0.29, 0.717) is 34.0 Å². The van der Waals surface area contributed by atoms with Crippen molar-refractivity contribution in [3.05, 3.63) is 52.0 Å². The molecule has 1 heterocycles. The Balaban J connectivity index is 1.87. The van der Waals surface area contributed by atoms with Gasteiger partial charge in [-0.25, -0.2) is 8.42 Å². The molecule has 1 saturated heterocycles. The largest absolute Gasteiger partial charge is 0.456 e. The lowest BCUT2D eigenvalue weighted by molar-refractivity contribution is 0.262. The highest BCUT2D eigenvalue weighted by atomic mass is 35.5. The summed E-state index contributed by atoms with van der Waals surface area (Å²) in [5, 5.41) is 13.8. The molecular formula is C21H22Cl2N4O3S2. The van der Waals surface area contributed by atoms with Crippen molar-refractivity contribution in [3.63, 3.8) is 0 Å². The predicted molar refractivity (Wildman–Crippen MR) is 129 cm³/mol.